The smallest absolute Gasteiger partial charge is 0.387 e. The van der Waals surface area contributed by atoms with Crippen molar-refractivity contribution in [2.75, 3.05) is 29.9 Å². The van der Waals surface area contributed by atoms with Crippen LogP contribution < -0.4 is 15.0 Å². The molecule has 2 aromatic heterocycles. The number of hydrogen-bond acceptors (Lipinski definition) is 8. The molecule has 0 aliphatic carbocycles. The van der Waals surface area contributed by atoms with Crippen LogP contribution in [0.25, 0.3) is 11.1 Å². The average Bonchev–Trinajstić information content (AvgIpc) is 2.76. The Morgan fingerprint density at radius 1 is 1.19 bits per heavy atom. The molecule has 1 atom stereocenters. The molecule has 0 saturated carbocycles. The molecule has 8 nitrogen and oxygen atoms in total. The molecule has 0 spiro atoms. The van der Waals surface area contributed by atoms with Crippen LogP contribution in [0, 0.1) is 5.82 Å². The Morgan fingerprint density at radius 3 is 2.74 bits per heavy atom. The van der Waals surface area contributed by atoms with Crippen molar-refractivity contribution in [2.45, 2.75) is 19.6 Å². The minimum atomic E-state index is -2.89. The van der Waals surface area contributed by atoms with Gasteiger partial charge in [-0.15, -0.1) is 5.10 Å². The highest BCUT2D eigenvalue weighted by Gasteiger charge is 2.20. The first kappa shape index (κ1) is 20.8. The van der Waals surface area contributed by atoms with Gasteiger partial charge in [0.15, 0.2) is 17.5 Å². The number of aromatic nitrogens is 4. The summed E-state index contributed by atoms with van der Waals surface area (Å²) in [6.45, 7) is 0.806. The molecule has 1 aromatic carbocycles. The molecule has 0 amide bonds. The van der Waals surface area contributed by atoms with E-state index in [1.807, 2.05) is 11.8 Å². The second kappa shape index (κ2) is 9.13. The predicted molar refractivity (Wildman–Crippen MR) is 107 cm³/mol. The normalized spacial score (nSPS) is 16.4. The van der Waals surface area contributed by atoms with E-state index in [0.717, 1.165) is 6.20 Å². The van der Waals surface area contributed by atoms with Crippen molar-refractivity contribution in [3.63, 3.8) is 0 Å². The fourth-order valence-corrected chi connectivity index (χ4v) is 3.13. The molecule has 1 aliphatic rings. The van der Waals surface area contributed by atoms with E-state index in [1.54, 1.807) is 18.2 Å². The molecular weight excluding hydrogens is 413 g/mol. The lowest BCUT2D eigenvalue weighted by Crippen LogP contribution is -2.42. The van der Waals surface area contributed by atoms with Gasteiger partial charge >= 0.3 is 6.61 Å². The number of morpholine rings is 1. The van der Waals surface area contributed by atoms with E-state index < -0.39 is 12.4 Å². The number of ether oxygens (including phenoxy) is 2. The fourth-order valence-electron chi connectivity index (χ4n) is 3.13. The lowest BCUT2D eigenvalue weighted by Gasteiger charge is -2.31. The molecule has 11 heteroatoms. The molecule has 31 heavy (non-hydrogen) atoms. The van der Waals surface area contributed by atoms with Crippen molar-refractivity contribution < 1.29 is 22.6 Å². The molecule has 3 heterocycles. The summed E-state index contributed by atoms with van der Waals surface area (Å²) in [5, 5.41) is 10.7. The Hall–Kier alpha value is -3.47. The molecule has 0 radical (unpaired) electrons. The fraction of sp³-hybridized carbons (Fsp3) is 0.300. The first-order valence-corrected chi connectivity index (χ1v) is 9.52. The first-order chi connectivity index (χ1) is 15.0. The summed E-state index contributed by atoms with van der Waals surface area (Å²) in [5.41, 5.74) is 1.35. The number of hydrogen-bond donors (Lipinski definition) is 1. The van der Waals surface area contributed by atoms with Crippen LogP contribution in [0.1, 0.15) is 6.92 Å². The minimum Gasteiger partial charge on any atom is -0.435 e. The Balaban J connectivity index is 1.53. The quantitative estimate of drug-likeness (QED) is 0.632. The van der Waals surface area contributed by atoms with Gasteiger partial charge in [-0.1, -0.05) is 12.1 Å². The largest absolute Gasteiger partial charge is 0.435 e. The molecule has 1 aliphatic heterocycles. The van der Waals surface area contributed by atoms with Gasteiger partial charge in [0, 0.05) is 18.7 Å². The maximum absolute atomic E-state index is 14.3. The maximum Gasteiger partial charge on any atom is 0.387 e. The highest BCUT2D eigenvalue weighted by molar-refractivity contribution is 5.67. The molecule has 1 N–H and O–H groups in total. The molecular formula is C20H19F3N6O2. The summed E-state index contributed by atoms with van der Waals surface area (Å²) in [6, 6.07) is 7.72. The van der Waals surface area contributed by atoms with Crippen LogP contribution >= 0.6 is 0 Å². The minimum absolute atomic E-state index is 0.0267. The summed E-state index contributed by atoms with van der Waals surface area (Å²) >= 11 is 0. The molecule has 1 fully saturated rings. The van der Waals surface area contributed by atoms with Gasteiger partial charge < -0.3 is 19.7 Å². The average molecular weight is 432 g/mol. The molecule has 1 saturated heterocycles. The first-order valence-electron chi connectivity index (χ1n) is 9.52. The standard InChI is InChI=1S/C20H19F3N6O2/c1-12-11-29(6-7-30-12)20-24-10-16(21)18(27-20)26-17-8-14(9-25-28-17)13-2-4-15(5-3-13)31-19(22)23/h2-5,8-10,12,19H,6-7,11H2,1H3,(H,24,26,27,28). The zero-order valence-corrected chi connectivity index (χ0v) is 16.5. The summed E-state index contributed by atoms with van der Waals surface area (Å²) < 4.78 is 48.8. The number of benzene rings is 1. The number of anilines is 3. The van der Waals surface area contributed by atoms with Gasteiger partial charge in [-0.2, -0.15) is 18.9 Å². The second-order valence-electron chi connectivity index (χ2n) is 6.85. The third kappa shape index (κ3) is 5.18. The van der Waals surface area contributed by atoms with Gasteiger partial charge in [-0.3, -0.25) is 0 Å². The summed E-state index contributed by atoms with van der Waals surface area (Å²) in [4.78, 5) is 10.3. The Morgan fingerprint density at radius 2 is 2.00 bits per heavy atom. The lowest BCUT2D eigenvalue weighted by atomic mass is 10.1. The van der Waals surface area contributed by atoms with E-state index in [2.05, 4.69) is 30.2 Å². The van der Waals surface area contributed by atoms with Crippen LogP contribution in [-0.4, -0.2) is 52.6 Å². The van der Waals surface area contributed by atoms with Crippen LogP contribution in [-0.2, 0) is 4.74 Å². The second-order valence-corrected chi connectivity index (χ2v) is 6.85. The van der Waals surface area contributed by atoms with Crippen molar-refractivity contribution in [1.82, 2.24) is 20.2 Å². The van der Waals surface area contributed by atoms with Crippen molar-refractivity contribution >= 4 is 17.6 Å². The Bertz CT molecular complexity index is 1040. The molecule has 0 bridgehead atoms. The molecule has 4 rings (SSSR count). The van der Waals surface area contributed by atoms with E-state index in [4.69, 9.17) is 4.74 Å². The van der Waals surface area contributed by atoms with E-state index in [9.17, 15) is 13.2 Å². The van der Waals surface area contributed by atoms with Gasteiger partial charge in [0.05, 0.1) is 25.1 Å². The third-order valence-corrected chi connectivity index (χ3v) is 4.57. The highest BCUT2D eigenvalue weighted by atomic mass is 19.3. The summed E-state index contributed by atoms with van der Waals surface area (Å²) in [5.74, 6) is 0.0382. The Kier molecular flexibility index (Phi) is 6.12. The van der Waals surface area contributed by atoms with Crippen LogP contribution in [0.2, 0.25) is 0 Å². The molecule has 1 unspecified atom stereocenters. The summed E-state index contributed by atoms with van der Waals surface area (Å²) in [7, 11) is 0. The van der Waals surface area contributed by atoms with E-state index >= 15 is 0 Å². The molecule has 3 aromatic rings. The highest BCUT2D eigenvalue weighted by Crippen LogP contribution is 2.26. The van der Waals surface area contributed by atoms with Crippen molar-refractivity contribution in [3.05, 3.63) is 48.5 Å². The van der Waals surface area contributed by atoms with Crippen molar-refractivity contribution in [3.8, 4) is 16.9 Å². The Labute approximate surface area is 176 Å². The number of alkyl halides is 2. The SMILES string of the molecule is CC1CN(c2ncc(F)c(Nc3cc(-c4ccc(OC(F)F)cc4)cnn3)n2)CCO1. The van der Waals surface area contributed by atoms with Gasteiger partial charge in [0.1, 0.15) is 5.75 Å². The lowest BCUT2D eigenvalue weighted by molar-refractivity contribution is -0.0498. The maximum atomic E-state index is 14.3. The van der Waals surface area contributed by atoms with Gasteiger partial charge in [0.2, 0.25) is 5.95 Å². The van der Waals surface area contributed by atoms with Crippen LogP contribution in [0.4, 0.5) is 30.8 Å². The van der Waals surface area contributed by atoms with Crippen molar-refractivity contribution in [2.24, 2.45) is 0 Å². The topological polar surface area (TPSA) is 85.3 Å². The van der Waals surface area contributed by atoms with Gasteiger partial charge in [-0.05, 0) is 30.7 Å². The van der Waals surface area contributed by atoms with Crippen molar-refractivity contribution in [1.29, 1.82) is 0 Å². The van der Waals surface area contributed by atoms with Gasteiger partial charge in [0.25, 0.3) is 0 Å². The number of nitrogens with one attached hydrogen (secondary N) is 1. The van der Waals surface area contributed by atoms with E-state index in [0.29, 0.717) is 36.8 Å². The van der Waals surface area contributed by atoms with E-state index in [-0.39, 0.29) is 23.5 Å². The zero-order valence-electron chi connectivity index (χ0n) is 16.5. The third-order valence-electron chi connectivity index (χ3n) is 4.57. The monoisotopic (exact) mass is 432 g/mol. The van der Waals surface area contributed by atoms with Crippen LogP contribution in [0.15, 0.2) is 42.7 Å². The zero-order chi connectivity index (χ0) is 21.8. The molecule has 162 valence electrons. The predicted octanol–water partition coefficient (Wildman–Crippen LogP) is 3.64. The number of halogens is 3. The van der Waals surface area contributed by atoms with Crippen LogP contribution in [0.5, 0.6) is 5.75 Å². The van der Waals surface area contributed by atoms with Crippen LogP contribution in [0.3, 0.4) is 0 Å². The number of nitrogens with zero attached hydrogens (tertiary/aromatic N) is 5. The summed E-state index contributed by atoms with van der Waals surface area (Å²) in [6.07, 6.45) is 2.63. The van der Waals surface area contributed by atoms with Gasteiger partial charge in [-0.25, -0.2) is 9.37 Å². The van der Waals surface area contributed by atoms with E-state index in [1.165, 1.54) is 18.3 Å². The number of rotatable bonds is 6.